The van der Waals surface area contributed by atoms with E-state index in [1.807, 2.05) is 27.7 Å². The van der Waals surface area contributed by atoms with Crippen LogP contribution in [0.5, 0.6) is 0 Å². The molecule has 0 unspecified atom stereocenters. The van der Waals surface area contributed by atoms with Gasteiger partial charge in [-0.2, -0.15) is 5.10 Å². The van der Waals surface area contributed by atoms with Gasteiger partial charge in [-0.05, 0) is 27.7 Å². The Morgan fingerprint density at radius 3 is 2.62 bits per heavy atom. The van der Waals surface area contributed by atoms with Crippen molar-refractivity contribution in [2.45, 2.75) is 39.3 Å². The Morgan fingerprint density at radius 2 is 2.10 bits per heavy atom. The number of carboxylic acids is 1. The van der Waals surface area contributed by atoms with Gasteiger partial charge < -0.3 is 14.7 Å². The Bertz CT molecular complexity index is 559. The lowest BCUT2D eigenvalue weighted by atomic mass is 10.1. The predicted molar refractivity (Wildman–Crippen MR) is 75.2 cm³/mol. The van der Waals surface area contributed by atoms with Gasteiger partial charge in [0.15, 0.2) is 6.10 Å². The van der Waals surface area contributed by atoms with E-state index in [2.05, 4.69) is 5.10 Å². The fraction of sp³-hybridized carbons (Fsp3) is 0.643. The van der Waals surface area contributed by atoms with Gasteiger partial charge in [0.05, 0.1) is 30.5 Å². The molecule has 21 heavy (non-hydrogen) atoms. The van der Waals surface area contributed by atoms with Crippen LogP contribution in [0.3, 0.4) is 0 Å². The molecule has 1 fully saturated rings. The standard InChI is InChI=1S/C14H21N3O4/c1-9-10(7-15-17(9)14(2,3)4)12(18)16-5-6-21-11(8-16)13(19)20/h7,11H,5-6,8H2,1-4H3,(H,19,20)/t11-/m0/s1. The minimum atomic E-state index is -1.05. The molecule has 0 aromatic carbocycles. The van der Waals surface area contributed by atoms with Crippen LogP contribution in [0.1, 0.15) is 36.8 Å². The highest BCUT2D eigenvalue weighted by molar-refractivity contribution is 5.95. The van der Waals surface area contributed by atoms with Gasteiger partial charge in [-0.3, -0.25) is 9.48 Å². The molecule has 1 atom stereocenters. The zero-order valence-corrected chi connectivity index (χ0v) is 12.8. The maximum atomic E-state index is 12.6. The zero-order chi connectivity index (χ0) is 15.8. The van der Waals surface area contributed by atoms with Crippen molar-refractivity contribution in [1.29, 1.82) is 0 Å². The van der Waals surface area contributed by atoms with Gasteiger partial charge in [0.1, 0.15) is 0 Å². The molecular formula is C14H21N3O4. The third-order valence-electron chi connectivity index (χ3n) is 3.50. The summed E-state index contributed by atoms with van der Waals surface area (Å²) in [5, 5.41) is 13.3. The maximum Gasteiger partial charge on any atom is 0.334 e. The lowest BCUT2D eigenvalue weighted by Gasteiger charge is -2.31. The van der Waals surface area contributed by atoms with Crippen molar-refractivity contribution in [3.8, 4) is 0 Å². The number of rotatable bonds is 2. The van der Waals surface area contributed by atoms with E-state index in [9.17, 15) is 9.59 Å². The van der Waals surface area contributed by atoms with Crippen molar-refractivity contribution in [1.82, 2.24) is 14.7 Å². The number of carboxylic acid groups (broad SMARTS) is 1. The summed E-state index contributed by atoms with van der Waals surface area (Å²) in [5.74, 6) is -1.24. The van der Waals surface area contributed by atoms with E-state index in [0.29, 0.717) is 12.1 Å². The number of nitrogens with zero attached hydrogens (tertiary/aromatic N) is 3. The van der Waals surface area contributed by atoms with Crippen molar-refractivity contribution < 1.29 is 19.4 Å². The number of morpholine rings is 1. The van der Waals surface area contributed by atoms with Gasteiger partial charge in [0, 0.05) is 12.2 Å². The molecule has 1 amide bonds. The molecule has 1 aromatic heterocycles. The summed E-state index contributed by atoms with van der Waals surface area (Å²) >= 11 is 0. The van der Waals surface area contributed by atoms with Crippen LogP contribution in [0.15, 0.2) is 6.20 Å². The number of hydrogen-bond donors (Lipinski definition) is 1. The summed E-state index contributed by atoms with van der Waals surface area (Å²) in [6.07, 6.45) is 0.592. The number of carbonyl (C=O) groups excluding carboxylic acids is 1. The highest BCUT2D eigenvalue weighted by Gasteiger charge is 2.31. The summed E-state index contributed by atoms with van der Waals surface area (Å²) in [6.45, 7) is 8.57. The summed E-state index contributed by atoms with van der Waals surface area (Å²) in [6, 6.07) is 0. The SMILES string of the molecule is Cc1c(C(=O)N2CCO[C@H](C(=O)O)C2)cnn1C(C)(C)C. The minimum absolute atomic E-state index is 0.0638. The lowest BCUT2D eigenvalue weighted by Crippen LogP contribution is -2.48. The number of carbonyl (C=O) groups is 2. The molecular weight excluding hydrogens is 274 g/mol. The molecule has 0 radical (unpaired) electrons. The first-order valence-corrected chi connectivity index (χ1v) is 6.90. The van der Waals surface area contributed by atoms with Gasteiger partial charge in [0.2, 0.25) is 0 Å². The lowest BCUT2D eigenvalue weighted by molar-refractivity contribution is -0.154. The second-order valence-electron chi connectivity index (χ2n) is 6.18. The van der Waals surface area contributed by atoms with Gasteiger partial charge in [-0.25, -0.2) is 4.79 Å². The summed E-state index contributed by atoms with van der Waals surface area (Å²) in [5.41, 5.74) is 1.08. The number of aromatic nitrogens is 2. The zero-order valence-electron chi connectivity index (χ0n) is 12.8. The van der Waals surface area contributed by atoms with Crippen LogP contribution in [-0.4, -0.2) is 57.5 Å². The summed E-state index contributed by atoms with van der Waals surface area (Å²) in [4.78, 5) is 25.0. The fourth-order valence-electron chi connectivity index (χ4n) is 2.45. The molecule has 116 valence electrons. The molecule has 0 saturated carbocycles. The van der Waals surface area contributed by atoms with Gasteiger partial charge in [-0.15, -0.1) is 0 Å². The Balaban J connectivity index is 2.21. The highest BCUT2D eigenvalue weighted by atomic mass is 16.5. The van der Waals surface area contributed by atoms with Crippen molar-refractivity contribution >= 4 is 11.9 Å². The molecule has 1 N–H and O–H groups in total. The van der Waals surface area contributed by atoms with Crippen molar-refractivity contribution in [2.75, 3.05) is 19.7 Å². The number of amides is 1. The Kier molecular flexibility index (Phi) is 4.04. The third kappa shape index (κ3) is 3.07. The van der Waals surface area contributed by atoms with Gasteiger partial charge >= 0.3 is 5.97 Å². The minimum Gasteiger partial charge on any atom is -0.479 e. The van der Waals surface area contributed by atoms with Crippen molar-refractivity contribution in [3.63, 3.8) is 0 Å². The van der Waals surface area contributed by atoms with Crippen molar-refractivity contribution in [3.05, 3.63) is 17.5 Å². The molecule has 2 heterocycles. The van der Waals surface area contributed by atoms with Crippen LogP contribution < -0.4 is 0 Å². The van der Waals surface area contributed by atoms with E-state index in [4.69, 9.17) is 9.84 Å². The summed E-state index contributed by atoms with van der Waals surface area (Å²) in [7, 11) is 0. The monoisotopic (exact) mass is 295 g/mol. The first-order valence-electron chi connectivity index (χ1n) is 6.90. The van der Waals surface area contributed by atoms with E-state index in [1.54, 1.807) is 10.9 Å². The van der Waals surface area contributed by atoms with E-state index >= 15 is 0 Å². The number of aliphatic carboxylic acids is 1. The van der Waals surface area contributed by atoms with E-state index in [0.717, 1.165) is 5.69 Å². The highest BCUT2D eigenvalue weighted by Crippen LogP contribution is 2.20. The van der Waals surface area contributed by atoms with Crippen molar-refractivity contribution in [2.24, 2.45) is 0 Å². The van der Waals surface area contributed by atoms with E-state index in [-0.39, 0.29) is 24.6 Å². The normalized spacial score (nSPS) is 19.6. The van der Waals surface area contributed by atoms with Crippen LogP contribution in [-0.2, 0) is 15.1 Å². The first-order chi connectivity index (χ1) is 9.71. The Hall–Kier alpha value is -1.89. The number of ether oxygens (including phenoxy) is 1. The van der Waals surface area contributed by atoms with Crippen LogP contribution >= 0.6 is 0 Å². The fourth-order valence-corrected chi connectivity index (χ4v) is 2.45. The topological polar surface area (TPSA) is 84.7 Å². The molecule has 1 aliphatic heterocycles. The molecule has 0 bridgehead atoms. The smallest absolute Gasteiger partial charge is 0.334 e. The van der Waals surface area contributed by atoms with Gasteiger partial charge in [-0.1, -0.05) is 0 Å². The Labute approximate surface area is 123 Å². The maximum absolute atomic E-state index is 12.6. The molecule has 7 heteroatoms. The first kappa shape index (κ1) is 15.5. The quantitative estimate of drug-likeness (QED) is 0.875. The predicted octanol–water partition coefficient (Wildman–Crippen LogP) is 0.872. The molecule has 1 saturated heterocycles. The van der Waals surface area contributed by atoms with E-state index < -0.39 is 12.1 Å². The Morgan fingerprint density at radius 1 is 1.43 bits per heavy atom. The van der Waals surface area contributed by atoms with Crippen LogP contribution in [0, 0.1) is 6.92 Å². The van der Waals surface area contributed by atoms with Crippen LogP contribution in [0.25, 0.3) is 0 Å². The van der Waals surface area contributed by atoms with Crippen LogP contribution in [0.4, 0.5) is 0 Å². The molecule has 0 spiro atoms. The van der Waals surface area contributed by atoms with Gasteiger partial charge in [0.25, 0.3) is 5.91 Å². The second-order valence-corrected chi connectivity index (χ2v) is 6.18. The largest absolute Gasteiger partial charge is 0.479 e. The molecule has 2 rings (SSSR count). The molecule has 0 aliphatic carbocycles. The average molecular weight is 295 g/mol. The van der Waals surface area contributed by atoms with Crippen LogP contribution in [0.2, 0.25) is 0 Å². The second kappa shape index (κ2) is 5.48. The molecule has 7 nitrogen and oxygen atoms in total. The third-order valence-corrected chi connectivity index (χ3v) is 3.50. The number of hydrogen-bond acceptors (Lipinski definition) is 4. The average Bonchev–Trinajstić information content (AvgIpc) is 2.79. The molecule has 1 aromatic rings. The summed E-state index contributed by atoms with van der Waals surface area (Å²) < 4.78 is 6.93. The molecule has 1 aliphatic rings. The van der Waals surface area contributed by atoms with E-state index in [1.165, 1.54) is 4.90 Å².